The van der Waals surface area contributed by atoms with Gasteiger partial charge in [-0.2, -0.15) is 5.10 Å². The number of hydrogen-bond acceptors (Lipinski definition) is 3. The van der Waals surface area contributed by atoms with Gasteiger partial charge in [-0.25, -0.2) is 0 Å². The zero-order valence-electron chi connectivity index (χ0n) is 14.0. The van der Waals surface area contributed by atoms with Crippen molar-refractivity contribution in [3.8, 4) is 0 Å². The maximum atomic E-state index is 12.9. The van der Waals surface area contributed by atoms with Gasteiger partial charge in [0.1, 0.15) is 0 Å². The first-order chi connectivity index (χ1) is 11.7. The molecule has 2 heterocycles. The number of carbonyl (C=O) groups is 1. The monoisotopic (exact) mass is 325 g/mol. The Labute approximate surface area is 142 Å². The van der Waals surface area contributed by atoms with Crippen molar-refractivity contribution in [2.75, 3.05) is 13.2 Å². The molecule has 2 aromatic rings. The lowest BCUT2D eigenvalue weighted by Gasteiger charge is -2.26. The Morgan fingerprint density at radius 2 is 2.21 bits per heavy atom. The Morgan fingerprint density at radius 3 is 3.04 bits per heavy atom. The highest BCUT2D eigenvalue weighted by Crippen LogP contribution is 2.31. The van der Waals surface area contributed by atoms with Crippen molar-refractivity contribution in [1.82, 2.24) is 15.1 Å². The number of aryl methyl sites for hydroxylation is 2. The highest BCUT2D eigenvalue weighted by atomic mass is 16.5. The molecule has 126 valence electrons. The van der Waals surface area contributed by atoms with Crippen LogP contribution in [0.1, 0.15) is 58.4 Å². The van der Waals surface area contributed by atoms with Crippen LogP contribution in [0.15, 0.2) is 30.5 Å². The average molecular weight is 325 g/mol. The molecule has 1 aromatic carbocycles. The van der Waals surface area contributed by atoms with E-state index in [0.717, 1.165) is 38.0 Å². The van der Waals surface area contributed by atoms with Gasteiger partial charge in [-0.1, -0.05) is 24.3 Å². The normalized spacial score (nSPS) is 23.0. The summed E-state index contributed by atoms with van der Waals surface area (Å²) in [6, 6.07) is 8.51. The van der Waals surface area contributed by atoms with Gasteiger partial charge in [0.05, 0.1) is 23.9 Å². The van der Waals surface area contributed by atoms with E-state index in [1.807, 2.05) is 13.2 Å². The second kappa shape index (κ2) is 6.40. The molecule has 2 aliphatic rings. The summed E-state index contributed by atoms with van der Waals surface area (Å²) in [4.78, 5) is 12.9. The van der Waals surface area contributed by atoms with Crippen LogP contribution < -0.4 is 5.32 Å². The molecular weight excluding hydrogens is 302 g/mol. The van der Waals surface area contributed by atoms with Crippen molar-refractivity contribution in [1.29, 1.82) is 0 Å². The van der Waals surface area contributed by atoms with Crippen molar-refractivity contribution in [3.63, 3.8) is 0 Å². The number of hydrogen-bond donors (Lipinski definition) is 1. The standard InChI is InChI=1S/C19H23N3O2/c1-22-11-16(18(21-22)14-9-10-24-12-14)19(23)20-17-8-4-6-13-5-2-3-7-15(13)17/h2-3,5,7,11,14,17H,4,6,8-10,12H2,1H3,(H,20,23)/t14-,17-/m1/s1. The molecule has 0 saturated carbocycles. The number of fused-ring (bicyclic) bond motifs is 1. The van der Waals surface area contributed by atoms with Crippen LogP contribution in [0.3, 0.4) is 0 Å². The van der Waals surface area contributed by atoms with Crippen LogP contribution in [-0.4, -0.2) is 28.9 Å². The Morgan fingerprint density at radius 1 is 1.33 bits per heavy atom. The average Bonchev–Trinajstić information content (AvgIpc) is 3.24. The summed E-state index contributed by atoms with van der Waals surface area (Å²) >= 11 is 0. The van der Waals surface area contributed by atoms with Crippen molar-refractivity contribution in [2.45, 2.75) is 37.6 Å². The van der Waals surface area contributed by atoms with Crippen molar-refractivity contribution >= 4 is 5.91 Å². The first-order valence-electron chi connectivity index (χ1n) is 8.72. The van der Waals surface area contributed by atoms with Gasteiger partial charge in [-0.3, -0.25) is 9.48 Å². The second-order valence-electron chi connectivity index (χ2n) is 6.78. The third-order valence-corrected chi connectivity index (χ3v) is 5.09. The van der Waals surface area contributed by atoms with Crippen LogP contribution in [0.2, 0.25) is 0 Å². The lowest BCUT2D eigenvalue weighted by atomic mass is 9.87. The Balaban J connectivity index is 1.57. The van der Waals surface area contributed by atoms with Gasteiger partial charge in [-0.15, -0.1) is 0 Å². The summed E-state index contributed by atoms with van der Waals surface area (Å²) in [5, 5.41) is 7.76. The van der Waals surface area contributed by atoms with Crippen LogP contribution in [0, 0.1) is 0 Å². The fourth-order valence-corrected chi connectivity index (χ4v) is 3.87. The Bertz CT molecular complexity index is 747. The first-order valence-corrected chi connectivity index (χ1v) is 8.72. The van der Waals surface area contributed by atoms with E-state index >= 15 is 0 Å². The van der Waals surface area contributed by atoms with Gasteiger partial charge in [-0.05, 0) is 36.8 Å². The number of nitrogens with one attached hydrogen (secondary N) is 1. The number of benzene rings is 1. The molecule has 0 unspecified atom stereocenters. The molecule has 5 nitrogen and oxygen atoms in total. The summed E-state index contributed by atoms with van der Waals surface area (Å²) in [5.41, 5.74) is 4.17. The number of rotatable bonds is 3. The predicted molar refractivity (Wildman–Crippen MR) is 91.0 cm³/mol. The molecule has 1 amide bonds. The van der Waals surface area contributed by atoms with Crippen molar-refractivity contribution < 1.29 is 9.53 Å². The largest absolute Gasteiger partial charge is 0.381 e. The van der Waals surface area contributed by atoms with E-state index in [4.69, 9.17) is 4.74 Å². The molecule has 1 aliphatic carbocycles. The summed E-state index contributed by atoms with van der Waals surface area (Å²) in [6.07, 6.45) is 5.96. The molecule has 4 rings (SSSR count). The molecule has 2 atom stereocenters. The molecule has 1 aliphatic heterocycles. The summed E-state index contributed by atoms with van der Waals surface area (Å²) in [7, 11) is 1.87. The molecule has 0 radical (unpaired) electrons. The van der Waals surface area contributed by atoms with Gasteiger partial charge < -0.3 is 10.1 Å². The third-order valence-electron chi connectivity index (χ3n) is 5.09. The lowest BCUT2D eigenvalue weighted by Crippen LogP contribution is -2.31. The second-order valence-corrected chi connectivity index (χ2v) is 6.78. The minimum atomic E-state index is -0.0216. The van der Waals surface area contributed by atoms with E-state index in [0.29, 0.717) is 12.2 Å². The topological polar surface area (TPSA) is 56.2 Å². The van der Waals surface area contributed by atoms with Crippen molar-refractivity contribution in [3.05, 3.63) is 52.8 Å². The van der Waals surface area contributed by atoms with E-state index in [-0.39, 0.29) is 17.9 Å². The molecule has 1 N–H and O–H groups in total. The molecule has 5 heteroatoms. The molecule has 1 saturated heterocycles. The zero-order valence-corrected chi connectivity index (χ0v) is 14.0. The molecule has 0 spiro atoms. The van der Waals surface area contributed by atoms with Crippen LogP contribution in [-0.2, 0) is 18.2 Å². The Kier molecular flexibility index (Phi) is 4.10. The predicted octanol–water partition coefficient (Wildman–Crippen LogP) is 2.73. The number of aromatic nitrogens is 2. The highest BCUT2D eigenvalue weighted by molar-refractivity contribution is 5.95. The molecule has 24 heavy (non-hydrogen) atoms. The van der Waals surface area contributed by atoms with Crippen LogP contribution in [0.5, 0.6) is 0 Å². The fourth-order valence-electron chi connectivity index (χ4n) is 3.87. The smallest absolute Gasteiger partial charge is 0.255 e. The van der Waals surface area contributed by atoms with Gasteiger partial charge >= 0.3 is 0 Å². The summed E-state index contributed by atoms with van der Waals surface area (Å²) in [5.74, 6) is 0.206. The lowest BCUT2D eigenvalue weighted by molar-refractivity contribution is 0.0931. The molecule has 1 aromatic heterocycles. The van der Waals surface area contributed by atoms with Crippen LogP contribution >= 0.6 is 0 Å². The molecule has 1 fully saturated rings. The van der Waals surface area contributed by atoms with Gasteiger partial charge in [0.15, 0.2) is 0 Å². The van der Waals surface area contributed by atoms with E-state index in [1.165, 1.54) is 11.1 Å². The first kappa shape index (κ1) is 15.4. The summed E-state index contributed by atoms with van der Waals surface area (Å²) in [6.45, 7) is 1.40. The SMILES string of the molecule is Cn1cc(C(=O)N[C@@H]2CCCc3ccccc32)c([C@@H]2CCOC2)n1. The Hall–Kier alpha value is -2.14. The minimum absolute atomic E-state index is 0.0216. The van der Waals surface area contributed by atoms with Crippen LogP contribution in [0.25, 0.3) is 0 Å². The number of ether oxygens (including phenoxy) is 1. The number of carbonyl (C=O) groups excluding carboxylic acids is 1. The number of nitrogens with zero attached hydrogens (tertiary/aromatic N) is 2. The summed E-state index contributed by atoms with van der Waals surface area (Å²) < 4.78 is 7.20. The molecule has 0 bridgehead atoms. The van der Waals surface area contributed by atoms with Crippen LogP contribution in [0.4, 0.5) is 0 Å². The number of amides is 1. The van der Waals surface area contributed by atoms with E-state index in [2.05, 4.69) is 34.7 Å². The maximum absolute atomic E-state index is 12.9. The maximum Gasteiger partial charge on any atom is 0.255 e. The van der Waals surface area contributed by atoms with E-state index in [9.17, 15) is 4.79 Å². The van der Waals surface area contributed by atoms with Crippen molar-refractivity contribution in [2.24, 2.45) is 7.05 Å². The zero-order chi connectivity index (χ0) is 16.5. The highest BCUT2D eigenvalue weighted by Gasteiger charge is 2.28. The quantitative estimate of drug-likeness (QED) is 0.944. The fraction of sp³-hybridized carbons (Fsp3) is 0.474. The van der Waals surface area contributed by atoms with Gasteiger partial charge in [0.25, 0.3) is 5.91 Å². The van der Waals surface area contributed by atoms with Gasteiger partial charge in [0, 0.05) is 25.8 Å². The van der Waals surface area contributed by atoms with E-state index < -0.39 is 0 Å². The minimum Gasteiger partial charge on any atom is -0.381 e. The van der Waals surface area contributed by atoms with Gasteiger partial charge in [0.2, 0.25) is 0 Å². The molecular formula is C19H23N3O2. The van der Waals surface area contributed by atoms with E-state index in [1.54, 1.807) is 4.68 Å². The third kappa shape index (κ3) is 2.84.